The van der Waals surface area contributed by atoms with Gasteiger partial charge in [0.2, 0.25) is 22.9 Å². The maximum Gasteiger partial charge on any atom is 0.375 e. The smallest absolute Gasteiger partial charge is 0.375 e. The van der Waals surface area contributed by atoms with E-state index in [0.29, 0.717) is 24.1 Å². The third-order valence-electron chi connectivity index (χ3n) is 11.1. The maximum absolute atomic E-state index is 13.7. The molecular formula is C50H62N3O5+. The lowest BCUT2D eigenvalue weighted by molar-refractivity contribution is -0.677. The lowest BCUT2D eigenvalue weighted by Gasteiger charge is -2.20. The van der Waals surface area contributed by atoms with Crippen LogP contribution in [0.2, 0.25) is 0 Å². The van der Waals surface area contributed by atoms with E-state index in [1.165, 1.54) is 83.1 Å². The van der Waals surface area contributed by atoms with E-state index >= 15 is 0 Å². The van der Waals surface area contributed by atoms with Crippen molar-refractivity contribution in [2.75, 3.05) is 11.4 Å². The number of nitrogens with zero attached hydrogens (tertiary/aromatic N) is 3. The van der Waals surface area contributed by atoms with Gasteiger partial charge in [0, 0.05) is 19.0 Å². The first kappa shape index (κ1) is 42.3. The second-order valence-electron chi connectivity index (χ2n) is 16.0. The molecule has 2 heterocycles. The number of Topliss-reactive ketones (excluding diaryl/α,β-unsaturated/α-hetero) is 1. The van der Waals surface area contributed by atoms with Crippen LogP contribution in [0.25, 0.3) is 32.8 Å². The minimum atomic E-state index is -0.297. The van der Waals surface area contributed by atoms with Crippen LogP contribution >= 0.6 is 0 Å². The molecule has 1 aromatic heterocycles. The number of allylic oxidation sites excluding steroid dienone is 4. The highest BCUT2D eigenvalue weighted by Crippen LogP contribution is 2.43. The quantitative estimate of drug-likeness (QED) is 0.0349. The first-order chi connectivity index (χ1) is 28.3. The van der Waals surface area contributed by atoms with Gasteiger partial charge in [-0.2, -0.15) is 4.57 Å². The number of hydrogen-bond acceptors (Lipinski definition) is 6. The molecule has 4 aromatic rings. The molecule has 0 bridgehead atoms. The minimum absolute atomic E-state index is 0.0185. The monoisotopic (exact) mass is 784 g/mol. The van der Waals surface area contributed by atoms with Crippen molar-refractivity contribution in [1.29, 1.82) is 0 Å². The van der Waals surface area contributed by atoms with Crippen LogP contribution in [0.5, 0.6) is 11.5 Å². The van der Waals surface area contributed by atoms with Crippen molar-refractivity contribution in [2.45, 2.75) is 143 Å². The van der Waals surface area contributed by atoms with E-state index in [2.05, 4.69) is 46.4 Å². The number of benzene rings is 3. The van der Waals surface area contributed by atoms with Crippen molar-refractivity contribution in [3.63, 3.8) is 0 Å². The average Bonchev–Trinajstić information content (AvgIpc) is 3.77. The summed E-state index contributed by atoms with van der Waals surface area (Å²) in [6, 6.07) is 18.0. The maximum atomic E-state index is 13.7. The van der Waals surface area contributed by atoms with E-state index in [1.807, 2.05) is 50.2 Å². The van der Waals surface area contributed by atoms with Gasteiger partial charge in [-0.3, -0.25) is 4.79 Å². The number of rotatable bonds is 23. The molecule has 306 valence electrons. The summed E-state index contributed by atoms with van der Waals surface area (Å²) in [4.78, 5) is 19.6. The molecule has 8 heteroatoms. The summed E-state index contributed by atoms with van der Waals surface area (Å²) in [5.74, 6) is 1.95. The summed E-state index contributed by atoms with van der Waals surface area (Å²) < 4.78 is 20.9. The van der Waals surface area contributed by atoms with Crippen molar-refractivity contribution in [2.24, 2.45) is 0 Å². The molecule has 1 aliphatic carbocycles. The molecule has 0 radical (unpaired) electrons. The van der Waals surface area contributed by atoms with E-state index < -0.39 is 0 Å². The summed E-state index contributed by atoms with van der Waals surface area (Å²) in [6.45, 7) is 18.0. The van der Waals surface area contributed by atoms with Crippen molar-refractivity contribution in [3.8, 4) is 11.5 Å². The molecule has 1 aliphatic heterocycles. The van der Waals surface area contributed by atoms with E-state index in [0.717, 1.165) is 65.5 Å². The topological polar surface area (TPSA) is 80.4 Å². The number of aryl methyl sites for hydroxylation is 1. The predicted molar refractivity (Wildman–Crippen MR) is 235 cm³/mol. The average molecular weight is 785 g/mol. The highest BCUT2D eigenvalue weighted by molar-refractivity contribution is 6.23. The van der Waals surface area contributed by atoms with Crippen molar-refractivity contribution in [1.82, 2.24) is 0 Å². The molecule has 1 N–H and O–H groups in total. The fourth-order valence-corrected chi connectivity index (χ4v) is 8.01. The van der Waals surface area contributed by atoms with Gasteiger partial charge in [-0.1, -0.05) is 134 Å². The Hall–Kier alpha value is -5.29. The number of aliphatic hydroxyl groups is 1. The molecule has 8 nitrogen and oxygen atoms in total. The molecule has 0 fully saturated rings. The van der Waals surface area contributed by atoms with Gasteiger partial charge in [-0.25, -0.2) is 4.85 Å². The van der Waals surface area contributed by atoms with Gasteiger partial charge in [-0.05, 0) is 56.3 Å². The van der Waals surface area contributed by atoms with E-state index in [9.17, 15) is 9.90 Å². The fourth-order valence-electron chi connectivity index (χ4n) is 8.01. The summed E-state index contributed by atoms with van der Waals surface area (Å²) in [5, 5.41) is 13.5. The highest BCUT2D eigenvalue weighted by Gasteiger charge is 2.35. The Morgan fingerprint density at radius 3 is 2.22 bits per heavy atom. The van der Waals surface area contributed by atoms with E-state index in [1.54, 1.807) is 12.2 Å². The van der Waals surface area contributed by atoms with Crippen LogP contribution in [0, 0.1) is 6.57 Å². The van der Waals surface area contributed by atoms with Crippen molar-refractivity contribution in [3.05, 3.63) is 113 Å². The van der Waals surface area contributed by atoms with Crippen molar-refractivity contribution >= 4 is 39.4 Å². The standard InChI is InChI=1S/C50H61N3O5/c1-6-8-10-12-14-16-18-22-32-52-43-34-38(56-36(3)4)27-31-44(43)58-50(52)42(51-5)29-28-40-48(54)41(49(40)55)35-46-53(33-23-19-17-15-13-11-9-7-2)47-39-25-21-20-24-37(39)26-30-45(47)57-46/h20-21,24-31,34-36H,6-19,22-23,32-33H2,1-4H3/p+1. The Kier molecular flexibility index (Phi) is 15.3. The number of carbonyl (C=O) groups is 1. The number of anilines is 1. The van der Waals surface area contributed by atoms with E-state index in [-0.39, 0.29) is 34.5 Å². The number of ether oxygens (including phenoxy) is 2. The van der Waals surface area contributed by atoms with Crippen molar-refractivity contribution < 1.29 is 28.4 Å². The van der Waals surface area contributed by atoms with Crippen LogP contribution < -0.4 is 18.9 Å². The highest BCUT2D eigenvalue weighted by atomic mass is 16.5. The molecule has 58 heavy (non-hydrogen) atoms. The predicted octanol–water partition coefficient (Wildman–Crippen LogP) is 13.3. The van der Waals surface area contributed by atoms with Crippen LogP contribution in [0.3, 0.4) is 0 Å². The Balaban J connectivity index is 1.23. The normalized spacial score (nSPS) is 15.6. The summed E-state index contributed by atoms with van der Waals surface area (Å²) in [6.07, 6.45) is 24.0. The zero-order valence-electron chi connectivity index (χ0n) is 35.2. The second kappa shape index (κ2) is 20.9. The fraction of sp³-hybridized carbons (Fsp3) is 0.460. The van der Waals surface area contributed by atoms with Gasteiger partial charge in [0.25, 0.3) is 5.52 Å². The number of aliphatic hydroxyl groups excluding tert-OH is 1. The Labute approximate surface area is 345 Å². The summed E-state index contributed by atoms with van der Waals surface area (Å²) >= 11 is 0. The van der Waals surface area contributed by atoms with Gasteiger partial charge in [0.1, 0.15) is 11.5 Å². The third-order valence-corrected chi connectivity index (χ3v) is 11.1. The molecule has 0 saturated carbocycles. The molecule has 2 aliphatic rings. The zero-order valence-corrected chi connectivity index (χ0v) is 35.2. The van der Waals surface area contributed by atoms with Gasteiger partial charge < -0.3 is 23.9 Å². The number of fused-ring (bicyclic) bond motifs is 4. The molecule has 3 aromatic carbocycles. The summed E-state index contributed by atoms with van der Waals surface area (Å²) in [5.41, 5.74) is 3.20. The van der Waals surface area contributed by atoms with Gasteiger partial charge in [0.15, 0.2) is 12.3 Å². The number of carbonyl (C=O) groups excluding carboxylic acids is 1. The Bertz CT molecular complexity index is 2210. The molecule has 0 unspecified atom stereocenters. The first-order valence-corrected chi connectivity index (χ1v) is 21.9. The molecule has 0 spiro atoms. The molecule has 0 amide bonds. The van der Waals surface area contributed by atoms with Gasteiger partial charge in [0.05, 0.1) is 41.0 Å². The number of aromatic nitrogens is 1. The summed E-state index contributed by atoms with van der Waals surface area (Å²) in [7, 11) is 0. The largest absolute Gasteiger partial charge is 0.506 e. The van der Waals surface area contributed by atoms with Crippen LogP contribution in [-0.4, -0.2) is 23.5 Å². The van der Waals surface area contributed by atoms with Gasteiger partial charge in [-0.15, -0.1) is 0 Å². The first-order valence-electron chi connectivity index (χ1n) is 21.9. The number of ketones is 1. The Morgan fingerprint density at radius 2 is 1.55 bits per heavy atom. The van der Waals surface area contributed by atoms with E-state index in [4.69, 9.17) is 20.5 Å². The SMILES string of the molecule is [C-]#[N+]C(C=CC1=C(O)C(=Cc2oc3ccc4ccccc4c3[n+]2CCCCCCCCCC)C1=O)=C1Oc2ccc(OC(C)C)cc2N1CCCCCCCCCC. The third kappa shape index (κ3) is 10.2. The number of oxazole rings is 1. The van der Waals surface area contributed by atoms with Crippen LogP contribution in [-0.2, 0) is 11.3 Å². The Morgan fingerprint density at radius 1 is 0.879 bits per heavy atom. The molecular weight excluding hydrogens is 723 g/mol. The van der Waals surface area contributed by atoms with Crippen LogP contribution in [0.1, 0.15) is 136 Å². The van der Waals surface area contributed by atoms with Crippen LogP contribution in [0.4, 0.5) is 5.69 Å². The minimum Gasteiger partial charge on any atom is -0.506 e. The zero-order chi connectivity index (χ0) is 40.9. The van der Waals surface area contributed by atoms with Crippen LogP contribution in [0.15, 0.2) is 99.7 Å². The molecule has 0 atom stereocenters. The lowest BCUT2D eigenvalue weighted by Crippen LogP contribution is -2.36. The number of hydrogen-bond donors (Lipinski definition) is 1. The molecule has 6 rings (SSSR count). The molecule has 0 saturated heterocycles. The number of unbranched alkanes of at least 4 members (excludes halogenated alkanes) is 14. The lowest BCUT2D eigenvalue weighted by atomic mass is 9.87. The van der Waals surface area contributed by atoms with Gasteiger partial charge >= 0.3 is 5.89 Å². The second-order valence-corrected chi connectivity index (χ2v) is 16.0.